The quantitative estimate of drug-likeness (QED) is 0.396. The van der Waals surface area contributed by atoms with E-state index in [1.54, 1.807) is 0 Å². The number of hydrogen-bond acceptors (Lipinski definition) is 1. The molecule has 0 atom stereocenters. The Balaban J connectivity index is 3.10. The molecule has 16 heavy (non-hydrogen) atoms. The molecule has 0 amide bonds. The Morgan fingerprint density at radius 3 is 2.19 bits per heavy atom. The van der Waals surface area contributed by atoms with Crippen molar-refractivity contribution in [3.05, 3.63) is 41.5 Å². The molecule has 1 aromatic carbocycles. The second-order valence-electron chi connectivity index (χ2n) is 3.99. The number of carbonyl (C=O) groups is 1. The SMILES string of the molecule is CCC/C([13CH]=O)=C(\CCC)c1ccccc1. The normalized spacial score (nSPS) is 12.1. The van der Waals surface area contributed by atoms with E-state index in [-0.39, 0.29) is 0 Å². The van der Waals surface area contributed by atoms with Crippen LogP contribution in [0, 0.1) is 0 Å². The van der Waals surface area contributed by atoms with E-state index >= 15 is 0 Å². The first-order chi connectivity index (χ1) is 7.83. The lowest BCUT2D eigenvalue weighted by Crippen LogP contribution is -1.94. The van der Waals surface area contributed by atoms with Crippen LogP contribution in [0.1, 0.15) is 45.1 Å². The van der Waals surface area contributed by atoms with E-state index in [1.807, 2.05) is 18.2 Å². The molecule has 1 heteroatoms. The van der Waals surface area contributed by atoms with Gasteiger partial charge in [0.25, 0.3) is 0 Å². The van der Waals surface area contributed by atoms with Gasteiger partial charge in [0, 0.05) is 0 Å². The van der Waals surface area contributed by atoms with Crippen LogP contribution in [0.25, 0.3) is 5.57 Å². The summed E-state index contributed by atoms with van der Waals surface area (Å²) in [5, 5.41) is 0. The van der Waals surface area contributed by atoms with Crippen molar-refractivity contribution in [1.82, 2.24) is 0 Å². The molecule has 0 spiro atoms. The summed E-state index contributed by atoms with van der Waals surface area (Å²) in [4.78, 5) is 11.1. The second kappa shape index (κ2) is 7.00. The van der Waals surface area contributed by atoms with Gasteiger partial charge in [0.15, 0.2) is 0 Å². The van der Waals surface area contributed by atoms with Crippen LogP contribution >= 0.6 is 0 Å². The summed E-state index contributed by atoms with van der Waals surface area (Å²) >= 11 is 0. The molecule has 86 valence electrons. The molecule has 0 radical (unpaired) electrons. The molecule has 1 nitrogen and oxygen atoms in total. The van der Waals surface area contributed by atoms with Crippen LogP contribution in [0.3, 0.4) is 0 Å². The van der Waals surface area contributed by atoms with E-state index in [2.05, 4.69) is 26.0 Å². The maximum Gasteiger partial charge on any atom is 0.146 e. The first kappa shape index (κ1) is 12.7. The first-order valence-corrected chi connectivity index (χ1v) is 6.06. The molecule has 0 aliphatic rings. The highest BCUT2D eigenvalue weighted by Gasteiger charge is 2.07. The minimum atomic E-state index is 0.883. The van der Waals surface area contributed by atoms with Crippen LogP contribution in [0.5, 0.6) is 0 Å². The Morgan fingerprint density at radius 1 is 1.06 bits per heavy atom. The zero-order chi connectivity index (χ0) is 11.8. The van der Waals surface area contributed by atoms with E-state index in [0.29, 0.717) is 0 Å². The summed E-state index contributed by atoms with van der Waals surface area (Å²) < 4.78 is 0. The van der Waals surface area contributed by atoms with Crippen LogP contribution in [-0.2, 0) is 4.79 Å². The number of rotatable bonds is 6. The van der Waals surface area contributed by atoms with Crippen molar-refractivity contribution in [2.45, 2.75) is 39.5 Å². The van der Waals surface area contributed by atoms with E-state index in [1.165, 1.54) is 11.1 Å². The van der Waals surface area contributed by atoms with Gasteiger partial charge in [-0.15, -0.1) is 0 Å². The minimum Gasteiger partial charge on any atom is -0.298 e. The van der Waals surface area contributed by atoms with E-state index in [9.17, 15) is 4.79 Å². The predicted octanol–water partition coefficient (Wildman–Crippen LogP) is 4.24. The van der Waals surface area contributed by atoms with Crippen LogP contribution in [0.2, 0.25) is 0 Å². The van der Waals surface area contributed by atoms with Crippen molar-refractivity contribution in [3.8, 4) is 0 Å². The Kier molecular flexibility index (Phi) is 5.55. The van der Waals surface area contributed by atoms with Crippen LogP contribution < -0.4 is 0 Å². The highest BCUT2D eigenvalue weighted by Crippen LogP contribution is 2.25. The first-order valence-electron chi connectivity index (χ1n) is 6.06. The van der Waals surface area contributed by atoms with E-state index < -0.39 is 0 Å². The largest absolute Gasteiger partial charge is 0.298 e. The highest BCUT2D eigenvalue weighted by molar-refractivity contribution is 5.88. The fraction of sp³-hybridized carbons (Fsp3) is 0.400. The van der Waals surface area contributed by atoms with Gasteiger partial charge in [-0.25, -0.2) is 0 Å². The van der Waals surface area contributed by atoms with Crippen molar-refractivity contribution >= 4 is 11.9 Å². The number of carbonyl (C=O) groups excluding carboxylic acids is 1. The Labute approximate surface area is 98.2 Å². The molecule has 0 saturated carbocycles. The van der Waals surface area contributed by atoms with Gasteiger partial charge in [0.1, 0.15) is 6.29 Å². The predicted molar refractivity (Wildman–Crippen MR) is 69.2 cm³/mol. The zero-order valence-corrected chi connectivity index (χ0v) is 10.2. The summed E-state index contributed by atoms with van der Waals surface area (Å²) in [6.45, 7) is 4.26. The summed E-state index contributed by atoms with van der Waals surface area (Å²) in [5.41, 5.74) is 3.38. The monoisotopic (exact) mass is 217 g/mol. The molecule has 0 fully saturated rings. The third kappa shape index (κ3) is 3.34. The van der Waals surface area contributed by atoms with Crippen molar-refractivity contribution in [2.75, 3.05) is 0 Å². The van der Waals surface area contributed by atoms with Gasteiger partial charge in [0.05, 0.1) is 0 Å². The van der Waals surface area contributed by atoms with Gasteiger partial charge < -0.3 is 0 Å². The van der Waals surface area contributed by atoms with Crippen molar-refractivity contribution in [2.24, 2.45) is 0 Å². The molecule has 1 rings (SSSR count). The summed E-state index contributed by atoms with van der Waals surface area (Å²) in [5.74, 6) is 0. The van der Waals surface area contributed by atoms with Gasteiger partial charge in [-0.05, 0) is 29.6 Å². The average molecular weight is 217 g/mol. The second-order valence-corrected chi connectivity index (χ2v) is 3.99. The molecule has 0 aliphatic heterocycles. The van der Waals surface area contributed by atoms with Crippen LogP contribution in [-0.4, -0.2) is 6.29 Å². The van der Waals surface area contributed by atoms with Crippen molar-refractivity contribution < 1.29 is 4.79 Å². The smallest absolute Gasteiger partial charge is 0.146 e. The lowest BCUT2D eigenvalue weighted by Gasteiger charge is -2.10. The molecular weight excluding hydrogens is 197 g/mol. The number of hydrogen-bond donors (Lipinski definition) is 0. The molecule has 0 aliphatic carbocycles. The lowest BCUT2D eigenvalue weighted by atomic mass is 9.96. The van der Waals surface area contributed by atoms with Gasteiger partial charge in [-0.2, -0.15) is 0 Å². The molecule has 0 unspecified atom stereocenters. The number of allylic oxidation sites excluding steroid dienone is 2. The zero-order valence-electron chi connectivity index (χ0n) is 10.2. The summed E-state index contributed by atoms with van der Waals surface area (Å²) in [6, 6.07) is 10.2. The fourth-order valence-corrected chi connectivity index (χ4v) is 1.93. The lowest BCUT2D eigenvalue weighted by molar-refractivity contribution is -0.105. The van der Waals surface area contributed by atoms with Crippen LogP contribution in [0.15, 0.2) is 35.9 Å². The standard InChI is InChI=1S/C15H20O/c1-3-8-14(12-16)15(9-4-2)13-10-6-5-7-11-13/h5-7,10-12H,3-4,8-9H2,1-2H3/b15-14-/i12+1. The summed E-state index contributed by atoms with van der Waals surface area (Å²) in [7, 11) is 0. The van der Waals surface area contributed by atoms with Crippen molar-refractivity contribution in [3.63, 3.8) is 0 Å². The van der Waals surface area contributed by atoms with E-state index in [0.717, 1.165) is 37.5 Å². The molecule has 0 bridgehead atoms. The average Bonchev–Trinajstić information content (AvgIpc) is 2.35. The maximum atomic E-state index is 11.1. The van der Waals surface area contributed by atoms with E-state index in [4.69, 9.17) is 0 Å². The fourth-order valence-electron chi connectivity index (χ4n) is 1.93. The minimum absolute atomic E-state index is 0.883. The Hall–Kier alpha value is -1.37. The molecule has 1 aromatic rings. The Morgan fingerprint density at radius 2 is 1.69 bits per heavy atom. The maximum absolute atomic E-state index is 11.1. The van der Waals surface area contributed by atoms with Crippen molar-refractivity contribution in [1.29, 1.82) is 0 Å². The third-order valence-corrected chi connectivity index (χ3v) is 2.67. The molecule has 0 N–H and O–H groups in total. The number of benzene rings is 1. The molecule has 0 saturated heterocycles. The third-order valence-electron chi connectivity index (χ3n) is 2.67. The van der Waals surface area contributed by atoms with Gasteiger partial charge in [-0.3, -0.25) is 4.79 Å². The Bertz CT molecular complexity index is 349. The van der Waals surface area contributed by atoms with Gasteiger partial charge >= 0.3 is 0 Å². The highest BCUT2D eigenvalue weighted by atomic mass is 16.2. The van der Waals surface area contributed by atoms with Crippen LogP contribution in [0.4, 0.5) is 0 Å². The summed E-state index contributed by atoms with van der Waals surface area (Å²) in [6.07, 6.45) is 4.99. The molecule has 0 aromatic heterocycles. The van der Waals surface area contributed by atoms with Gasteiger partial charge in [0.2, 0.25) is 0 Å². The number of aldehydes is 1. The molecular formula is C15H20O. The molecule has 0 heterocycles. The topological polar surface area (TPSA) is 17.1 Å². The van der Waals surface area contributed by atoms with Gasteiger partial charge in [-0.1, -0.05) is 57.0 Å².